The molecule has 4 atom stereocenters. The molecule has 0 radical (unpaired) electrons. The molecule has 0 unspecified atom stereocenters. The Kier molecular flexibility index (Phi) is 11.9. The zero-order chi connectivity index (χ0) is 36.5. The summed E-state index contributed by atoms with van der Waals surface area (Å²) >= 11 is 0. The van der Waals surface area contributed by atoms with Crippen LogP contribution in [-0.2, 0) is 43.2 Å². The van der Waals surface area contributed by atoms with Crippen LogP contribution in [0.1, 0.15) is 43.9 Å². The highest BCUT2D eigenvalue weighted by Gasteiger charge is 2.32. The third kappa shape index (κ3) is 9.62. The molecule has 51 heavy (non-hydrogen) atoms. The minimum atomic E-state index is -1.13. The second-order valence-electron chi connectivity index (χ2n) is 13.3. The molecule has 0 spiro atoms. The molecular weight excluding hydrogens is 646 g/mol. The Morgan fingerprint density at radius 2 is 1.02 bits per heavy atom. The third-order valence-electron chi connectivity index (χ3n) is 8.81. The highest BCUT2D eigenvalue weighted by atomic mass is 16.2. The molecule has 2 aromatic heterocycles. The van der Waals surface area contributed by atoms with Crippen LogP contribution in [0.2, 0.25) is 0 Å². The number of fused-ring (bicyclic) bond motifs is 2. The number of amides is 5. The Morgan fingerprint density at radius 3 is 1.49 bits per heavy atom. The number of nitrogens with one attached hydrogen (secondary N) is 6. The van der Waals surface area contributed by atoms with Gasteiger partial charge in [0.05, 0.1) is 0 Å². The molecule has 0 saturated heterocycles. The maximum Gasteiger partial charge on any atom is 0.243 e. The molecule has 0 bridgehead atoms. The lowest BCUT2D eigenvalue weighted by molar-refractivity contribution is -0.134. The first-order chi connectivity index (χ1) is 24.5. The van der Waals surface area contributed by atoms with E-state index in [1.54, 1.807) is 12.4 Å². The number of rotatable bonds is 16. The average Bonchev–Trinajstić information content (AvgIpc) is 3.71. The van der Waals surface area contributed by atoms with Crippen LogP contribution in [0.4, 0.5) is 0 Å². The van der Waals surface area contributed by atoms with Crippen LogP contribution in [0.5, 0.6) is 0 Å². The average molecular weight is 692 g/mol. The molecule has 0 fully saturated rings. The molecule has 0 aliphatic carbocycles. The van der Waals surface area contributed by atoms with Crippen LogP contribution < -0.4 is 27.0 Å². The Hall–Kier alpha value is -5.91. The minimum absolute atomic E-state index is 0.0655. The van der Waals surface area contributed by atoms with Gasteiger partial charge in [0.1, 0.15) is 24.2 Å². The van der Waals surface area contributed by atoms with E-state index < -0.39 is 53.7 Å². The van der Waals surface area contributed by atoms with E-state index in [0.29, 0.717) is 6.42 Å². The Morgan fingerprint density at radius 1 is 0.588 bits per heavy atom. The van der Waals surface area contributed by atoms with Crippen molar-refractivity contribution in [2.45, 2.75) is 70.6 Å². The number of nitrogens with two attached hydrogens (primary N) is 1. The molecule has 5 amide bonds. The van der Waals surface area contributed by atoms with Gasteiger partial charge in [-0.1, -0.05) is 80.6 Å². The molecule has 5 aromatic rings. The first-order valence-electron chi connectivity index (χ1n) is 17.1. The van der Waals surface area contributed by atoms with Crippen molar-refractivity contribution in [1.82, 2.24) is 31.2 Å². The van der Waals surface area contributed by atoms with E-state index in [1.165, 1.54) is 6.92 Å². The summed E-state index contributed by atoms with van der Waals surface area (Å²) in [6.07, 6.45) is 4.27. The molecule has 2 heterocycles. The van der Waals surface area contributed by atoms with Crippen molar-refractivity contribution in [1.29, 1.82) is 0 Å². The monoisotopic (exact) mass is 691 g/mol. The smallest absolute Gasteiger partial charge is 0.243 e. The second kappa shape index (κ2) is 16.7. The zero-order valence-electron chi connectivity index (χ0n) is 29.0. The largest absolute Gasteiger partial charge is 0.368 e. The molecule has 8 N–H and O–H groups in total. The van der Waals surface area contributed by atoms with Gasteiger partial charge in [-0.05, 0) is 41.2 Å². The number of carbonyl (C=O) groups excluding carboxylic acids is 5. The van der Waals surface area contributed by atoms with E-state index in [9.17, 15) is 24.0 Å². The van der Waals surface area contributed by atoms with Gasteiger partial charge in [-0.2, -0.15) is 0 Å². The van der Waals surface area contributed by atoms with E-state index in [1.807, 2.05) is 92.7 Å². The predicted molar refractivity (Wildman–Crippen MR) is 196 cm³/mol. The van der Waals surface area contributed by atoms with Gasteiger partial charge in [-0.15, -0.1) is 0 Å². The summed E-state index contributed by atoms with van der Waals surface area (Å²) in [5, 5.41) is 13.0. The second-order valence-corrected chi connectivity index (χ2v) is 13.3. The minimum Gasteiger partial charge on any atom is -0.368 e. The van der Waals surface area contributed by atoms with Gasteiger partial charge < -0.3 is 37.0 Å². The van der Waals surface area contributed by atoms with Crippen LogP contribution in [0.15, 0.2) is 91.3 Å². The maximum atomic E-state index is 14.2. The number of hydrogen-bond donors (Lipinski definition) is 7. The molecule has 266 valence electrons. The number of carbonyl (C=O) groups is 5. The first-order valence-corrected chi connectivity index (χ1v) is 17.1. The summed E-state index contributed by atoms with van der Waals surface area (Å²) in [6.45, 7) is 5.16. The van der Waals surface area contributed by atoms with Gasteiger partial charge in [-0.3, -0.25) is 24.0 Å². The van der Waals surface area contributed by atoms with Gasteiger partial charge in [-0.25, -0.2) is 0 Å². The van der Waals surface area contributed by atoms with Gasteiger partial charge in [0.25, 0.3) is 0 Å². The van der Waals surface area contributed by atoms with Gasteiger partial charge in [0, 0.05) is 60.4 Å². The summed E-state index contributed by atoms with van der Waals surface area (Å²) in [6, 6.07) is 20.2. The molecule has 12 heteroatoms. The van der Waals surface area contributed by atoms with Crippen molar-refractivity contribution in [2.24, 2.45) is 11.7 Å². The van der Waals surface area contributed by atoms with E-state index in [2.05, 4.69) is 31.2 Å². The Bertz CT molecular complexity index is 2000. The summed E-state index contributed by atoms with van der Waals surface area (Å²) in [5.41, 5.74) is 9.78. The fraction of sp³-hybridized carbons (Fsp3) is 0.308. The summed E-state index contributed by atoms with van der Waals surface area (Å²) in [4.78, 5) is 73.0. The van der Waals surface area contributed by atoms with Crippen LogP contribution in [0.3, 0.4) is 0 Å². The SMILES string of the molecule is CC(=O)N[C@H](Cc1c[nH]c2ccccc12)C(=O)N[C@@H](Cc1ccccc1)C(=O)N[C@H](Cc1c[nH]c2ccccc12)C(=O)N[C@@H](CC(C)C)C(N)=O. The fourth-order valence-corrected chi connectivity index (χ4v) is 6.30. The fourth-order valence-electron chi connectivity index (χ4n) is 6.30. The summed E-state index contributed by atoms with van der Waals surface area (Å²) in [5.74, 6) is -2.77. The number of para-hydroxylation sites is 2. The number of benzene rings is 3. The van der Waals surface area contributed by atoms with Gasteiger partial charge >= 0.3 is 0 Å². The number of primary amides is 1. The quantitative estimate of drug-likeness (QED) is 0.0835. The van der Waals surface area contributed by atoms with Crippen molar-refractivity contribution >= 4 is 51.3 Å². The topological polar surface area (TPSA) is 191 Å². The predicted octanol–water partition coefficient (Wildman–Crippen LogP) is 3.17. The standard InChI is InChI=1S/C39H45N7O5/c1-23(2)17-32(36(40)48)44-39(51)35(20-27-22-42-31-16-10-8-14-29(27)31)46-37(49)33(18-25-11-5-4-6-12-25)45-38(50)34(43-24(3)47)19-26-21-41-30-15-9-7-13-28(26)30/h4-16,21-23,32-35,41-42H,17-20H2,1-3H3,(H2,40,48)(H,43,47)(H,44,51)(H,45,50)(H,46,49)/t32-,33-,34+,35+/m0/s1. The van der Waals surface area contributed by atoms with Crippen LogP contribution in [0.25, 0.3) is 21.8 Å². The van der Waals surface area contributed by atoms with Gasteiger partial charge in [0.15, 0.2) is 0 Å². The van der Waals surface area contributed by atoms with E-state index >= 15 is 0 Å². The Balaban J connectivity index is 1.43. The highest BCUT2D eigenvalue weighted by molar-refractivity contribution is 5.96. The number of H-pyrrole nitrogens is 2. The molecule has 3 aromatic carbocycles. The number of aromatic nitrogens is 2. The zero-order valence-corrected chi connectivity index (χ0v) is 29.0. The lowest BCUT2D eigenvalue weighted by Gasteiger charge is -2.26. The molecule has 0 saturated carbocycles. The maximum absolute atomic E-state index is 14.2. The van der Waals surface area contributed by atoms with Crippen LogP contribution in [0, 0.1) is 5.92 Å². The van der Waals surface area contributed by atoms with Crippen LogP contribution >= 0.6 is 0 Å². The molecule has 5 rings (SSSR count). The molecule has 0 aliphatic rings. The molecule has 0 aliphatic heterocycles. The van der Waals surface area contributed by atoms with Gasteiger partial charge in [0.2, 0.25) is 29.5 Å². The van der Waals surface area contributed by atoms with E-state index in [4.69, 9.17) is 5.73 Å². The van der Waals surface area contributed by atoms with Crippen molar-refractivity contribution in [3.05, 3.63) is 108 Å². The lowest BCUT2D eigenvalue weighted by Crippen LogP contribution is -2.59. The third-order valence-corrected chi connectivity index (χ3v) is 8.81. The summed E-state index contributed by atoms with van der Waals surface area (Å²) in [7, 11) is 0. The number of aromatic amines is 2. The summed E-state index contributed by atoms with van der Waals surface area (Å²) < 4.78 is 0. The first kappa shape index (κ1) is 36.4. The highest BCUT2D eigenvalue weighted by Crippen LogP contribution is 2.21. The number of hydrogen-bond acceptors (Lipinski definition) is 5. The molecule has 12 nitrogen and oxygen atoms in total. The van der Waals surface area contributed by atoms with Crippen LogP contribution in [-0.4, -0.2) is 63.7 Å². The Labute approximate surface area is 296 Å². The van der Waals surface area contributed by atoms with E-state index in [-0.39, 0.29) is 25.2 Å². The van der Waals surface area contributed by atoms with Crippen molar-refractivity contribution in [3.8, 4) is 0 Å². The lowest BCUT2D eigenvalue weighted by atomic mass is 9.99. The molecular formula is C39H45N7O5. The van der Waals surface area contributed by atoms with Crippen molar-refractivity contribution in [2.75, 3.05) is 0 Å². The normalized spacial score (nSPS) is 13.6. The van der Waals surface area contributed by atoms with Crippen molar-refractivity contribution in [3.63, 3.8) is 0 Å². The van der Waals surface area contributed by atoms with Crippen molar-refractivity contribution < 1.29 is 24.0 Å². The van der Waals surface area contributed by atoms with E-state index in [0.717, 1.165) is 38.5 Å².